The van der Waals surface area contributed by atoms with Crippen molar-refractivity contribution in [2.45, 2.75) is 18.4 Å². The molecule has 34 heavy (non-hydrogen) atoms. The van der Waals surface area contributed by atoms with E-state index < -0.39 is 16.0 Å². The van der Waals surface area contributed by atoms with Crippen LogP contribution in [0.5, 0.6) is 0 Å². The number of nitrogens with two attached hydrogens (primary N) is 1. The fourth-order valence-electron chi connectivity index (χ4n) is 3.46. The molecule has 8 nitrogen and oxygen atoms in total. The molecule has 4 aromatic rings. The van der Waals surface area contributed by atoms with Crippen LogP contribution >= 0.6 is 11.6 Å². The first-order chi connectivity index (χ1) is 16.3. The van der Waals surface area contributed by atoms with E-state index in [4.69, 9.17) is 22.1 Å². The summed E-state index contributed by atoms with van der Waals surface area (Å²) in [5, 5.41) is 0.753. The highest BCUT2D eigenvalue weighted by molar-refractivity contribution is 7.92. The molecule has 0 aliphatic carbocycles. The molecule has 0 aliphatic heterocycles. The number of anilines is 2. The molecule has 1 heterocycles. The van der Waals surface area contributed by atoms with Gasteiger partial charge in [0, 0.05) is 11.9 Å². The van der Waals surface area contributed by atoms with Crippen LogP contribution in [0.15, 0.2) is 77.7 Å². The molecule has 0 amide bonds. The summed E-state index contributed by atoms with van der Waals surface area (Å²) in [6.45, 7) is 1.67. The number of carbonyl (C=O) groups is 1. The van der Waals surface area contributed by atoms with Crippen molar-refractivity contribution >= 4 is 50.0 Å². The molecule has 2 N–H and O–H groups in total. The minimum absolute atomic E-state index is 0.0608. The third-order valence-electron chi connectivity index (χ3n) is 5.09. The van der Waals surface area contributed by atoms with Crippen LogP contribution in [-0.2, 0) is 21.4 Å². The van der Waals surface area contributed by atoms with Crippen molar-refractivity contribution in [2.24, 2.45) is 0 Å². The smallest absolute Gasteiger partial charge is 0.340 e. The number of benzene rings is 3. The molecule has 0 spiro atoms. The summed E-state index contributed by atoms with van der Waals surface area (Å²) < 4.78 is 33.1. The second-order valence-corrected chi connectivity index (χ2v) is 9.53. The number of fused-ring (bicyclic) bond motifs is 1. The molecular weight excluding hydrogens is 476 g/mol. The summed E-state index contributed by atoms with van der Waals surface area (Å²) >= 11 is 6.20. The first kappa shape index (κ1) is 23.5. The monoisotopic (exact) mass is 496 g/mol. The molecule has 10 heteroatoms. The summed E-state index contributed by atoms with van der Waals surface area (Å²) in [6.07, 6.45) is 0. The van der Waals surface area contributed by atoms with Gasteiger partial charge in [-0.2, -0.15) is 0 Å². The second kappa shape index (κ2) is 9.66. The maximum Gasteiger partial charge on any atom is 0.340 e. The predicted octanol–water partition coefficient (Wildman–Crippen LogP) is 4.44. The molecule has 0 bridgehead atoms. The summed E-state index contributed by atoms with van der Waals surface area (Å²) in [4.78, 5) is 21.2. The number of hydrogen-bond acceptors (Lipinski definition) is 7. The fourth-order valence-corrected chi connectivity index (χ4v) is 5.15. The number of esters is 1. The Morgan fingerprint density at radius 2 is 1.74 bits per heavy atom. The van der Waals surface area contributed by atoms with Crippen LogP contribution in [-0.4, -0.2) is 30.9 Å². The van der Waals surface area contributed by atoms with Crippen LogP contribution in [0, 0.1) is 0 Å². The van der Waals surface area contributed by atoms with E-state index in [0.29, 0.717) is 16.6 Å². The standard InChI is InChI=1S/C24H21ClN4O4S/c1-2-29(16-8-4-3-5-9-16)34(31,32)17-12-13-20(25)19(14-17)24(30)33-15-22-27-21-11-7-6-10-18(21)23(26)28-22/h3-14H,2,15H2,1H3,(H2,26,27,28). The van der Waals surface area contributed by atoms with Gasteiger partial charge in [0.05, 0.1) is 26.7 Å². The minimum Gasteiger partial charge on any atom is -0.454 e. The van der Waals surface area contributed by atoms with Crippen LogP contribution in [0.3, 0.4) is 0 Å². The molecule has 0 fully saturated rings. The number of aromatic nitrogens is 2. The Morgan fingerprint density at radius 1 is 1.03 bits per heavy atom. The number of nitrogens with zero attached hydrogens (tertiary/aromatic N) is 3. The zero-order valence-corrected chi connectivity index (χ0v) is 19.8. The Labute approximate surface area is 202 Å². The van der Waals surface area contributed by atoms with Gasteiger partial charge < -0.3 is 10.5 Å². The van der Waals surface area contributed by atoms with E-state index in [0.717, 1.165) is 0 Å². The topological polar surface area (TPSA) is 115 Å². The van der Waals surface area contributed by atoms with Gasteiger partial charge >= 0.3 is 5.97 Å². The summed E-state index contributed by atoms with van der Waals surface area (Å²) in [5.74, 6) is -0.325. The second-order valence-electron chi connectivity index (χ2n) is 7.27. The molecule has 0 aliphatic rings. The SMILES string of the molecule is CCN(c1ccccc1)S(=O)(=O)c1ccc(Cl)c(C(=O)OCc2nc(N)c3ccccc3n2)c1. The first-order valence-electron chi connectivity index (χ1n) is 10.4. The summed E-state index contributed by atoms with van der Waals surface area (Å²) in [6, 6.07) is 19.8. The lowest BCUT2D eigenvalue weighted by Gasteiger charge is -2.23. The van der Waals surface area contributed by atoms with Crippen molar-refractivity contribution in [3.63, 3.8) is 0 Å². The van der Waals surface area contributed by atoms with Crippen molar-refractivity contribution < 1.29 is 17.9 Å². The quantitative estimate of drug-likeness (QED) is 0.376. The lowest BCUT2D eigenvalue weighted by molar-refractivity contribution is 0.0462. The van der Waals surface area contributed by atoms with Crippen molar-refractivity contribution in [2.75, 3.05) is 16.6 Å². The molecule has 1 aromatic heterocycles. The Kier molecular flexibility index (Phi) is 6.67. The van der Waals surface area contributed by atoms with Crippen molar-refractivity contribution in [3.05, 3.63) is 89.2 Å². The minimum atomic E-state index is -3.95. The largest absolute Gasteiger partial charge is 0.454 e. The zero-order chi connectivity index (χ0) is 24.3. The number of carbonyl (C=O) groups excluding carboxylic acids is 1. The lowest BCUT2D eigenvalue weighted by Crippen LogP contribution is -2.30. The van der Waals surface area contributed by atoms with E-state index in [1.807, 2.05) is 12.1 Å². The molecule has 0 radical (unpaired) electrons. The maximum atomic E-state index is 13.3. The Balaban J connectivity index is 1.59. The number of halogens is 1. The number of sulfonamides is 1. The lowest BCUT2D eigenvalue weighted by atomic mass is 10.2. The summed E-state index contributed by atoms with van der Waals surface area (Å²) in [7, 11) is -3.95. The third-order valence-corrected chi connectivity index (χ3v) is 7.32. The van der Waals surface area contributed by atoms with Gasteiger partial charge in [-0.3, -0.25) is 4.31 Å². The Morgan fingerprint density at radius 3 is 2.47 bits per heavy atom. The highest BCUT2D eigenvalue weighted by atomic mass is 35.5. The van der Waals surface area contributed by atoms with Crippen LogP contribution in [0.2, 0.25) is 5.02 Å². The fraction of sp³-hybridized carbons (Fsp3) is 0.125. The van der Waals surface area contributed by atoms with E-state index in [2.05, 4.69) is 9.97 Å². The first-order valence-corrected chi connectivity index (χ1v) is 12.2. The number of rotatable bonds is 7. The maximum absolute atomic E-state index is 13.3. The van der Waals surface area contributed by atoms with Gasteiger partial charge in [0.15, 0.2) is 12.4 Å². The highest BCUT2D eigenvalue weighted by Gasteiger charge is 2.26. The average Bonchev–Trinajstić information content (AvgIpc) is 2.83. The third kappa shape index (κ3) is 4.66. The van der Waals surface area contributed by atoms with E-state index in [-0.39, 0.29) is 40.3 Å². The van der Waals surface area contributed by atoms with Gasteiger partial charge in [0.2, 0.25) is 0 Å². The van der Waals surface area contributed by atoms with E-state index >= 15 is 0 Å². The Hall–Kier alpha value is -3.69. The number of hydrogen-bond donors (Lipinski definition) is 1. The van der Waals surface area contributed by atoms with Crippen LogP contribution in [0.25, 0.3) is 10.9 Å². The highest BCUT2D eigenvalue weighted by Crippen LogP contribution is 2.27. The molecule has 0 unspecified atom stereocenters. The predicted molar refractivity (Wildman–Crippen MR) is 131 cm³/mol. The van der Waals surface area contributed by atoms with E-state index in [9.17, 15) is 13.2 Å². The molecule has 0 atom stereocenters. The number of para-hydroxylation sites is 2. The van der Waals surface area contributed by atoms with Crippen LogP contribution in [0.4, 0.5) is 11.5 Å². The number of nitrogen functional groups attached to an aromatic ring is 1. The van der Waals surface area contributed by atoms with E-state index in [1.165, 1.54) is 22.5 Å². The molecule has 3 aromatic carbocycles. The van der Waals surface area contributed by atoms with Crippen molar-refractivity contribution in [1.82, 2.24) is 9.97 Å². The normalized spacial score (nSPS) is 11.4. The Bertz CT molecular complexity index is 1460. The molecule has 174 valence electrons. The van der Waals surface area contributed by atoms with Crippen LogP contribution in [0.1, 0.15) is 23.1 Å². The van der Waals surface area contributed by atoms with Gasteiger partial charge in [-0.05, 0) is 49.4 Å². The van der Waals surface area contributed by atoms with Crippen molar-refractivity contribution in [3.8, 4) is 0 Å². The van der Waals surface area contributed by atoms with Gasteiger partial charge in [-0.1, -0.05) is 41.9 Å². The van der Waals surface area contributed by atoms with Gasteiger partial charge in [0.1, 0.15) is 5.82 Å². The zero-order valence-electron chi connectivity index (χ0n) is 18.2. The van der Waals surface area contributed by atoms with Gasteiger partial charge in [-0.25, -0.2) is 23.2 Å². The molecular formula is C24H21ClN4O4S. The van der Waals surface area contributed by atoms with Crippen LogP contribution < -0.4 is 10.0 Å². The summed E-state index contributed by atoms with van der Waals surface area (Å²) in [5.41, 5.74) is 7.02. The molecule has 0 saturated carbocycles. The molecule has 4 rings (SSSR count). The van der Waals surface area contributed by atoms with Crippen molar-refractivity contribution in [1.29, 1.82) is 0 Å². The number of ether oxygens (including phenoxy) is 1. The van der Waals surface area contributed by atoms with Gasteiger partial charge in [-0.15, -0.1) is 0 Å². The molecule has 0 saturated heterocycles. The van der Waals surface area contributed by atoms with Gasteiger partial charge in [0.25, 0.3) is 10.0 Å². The average molecular weight is 497 g/mol. The van der Waals surface area contributed by atoms with E-state index in [1.54, 1.807) is 49.4 Å².